The van der Waals surface area contributed by atoms with Gasteiger partial charge in [-0.15, -0.1) is 0 Å². The Balaban J connectivity index is 1.89. The van der Waals surface area contributed by atoms with E-state index in [0.29, 0.717) is 0 Å². The minimum Gasteiger partial charge on any atom is -0.497 e. The first-order chi connectivity index (χ1) is 12.2. The molecule has 1 heterocycles. The molecule has 3 rings (SSSR count). The molecule has 0 bridgehead atoms. The fourth-order valence-corrected chi connectivity index (χ4v) is 3.30. The average molecular weight is 338 g/mol. The Labute approximate surface area is 147 Å². The van der Waals surface area contributed by atoms with Gasteiger partial charge in [-0.05, 0) is 48.2 Å². The third kappa shape index (κ3) is 4.18. The van der Waals surface area contributed by atoms with Crippen LogP contribution in [-0.4, -0.2) is 25.1 Å². The monoisotopic (exact) mass is 338 g/mol. The summed E-state index contributed by atoms with van der Waals surface area (Å²) in [7, 11) is 1.65. The van der Waals surface area contributed by atoms with E-state index in [0.717, 1.165) is 42.0 Å². The van der Waals surface area contributed by atoms with E-state index in [1.165, 1.54) is 0 Å². The van der Waals surface area contributed by atoms with Crippen LogP contribution < -0.4 is 9.64 Å². The zero-order chi connectivity index (χ0) is 17.6. The Morgan fingerprint density at radius 2 is 1.88 bits per heavy atom. The van der Waals surface area contributed by atoms with Crippen LogP contribution in [0.5, 0.6) is 5.75 Å². The topological polar surface area (TPSA) is 55.6 Å². The van der Waals surface area contributed by atoms with Crippen molar-refractivity contribution >= 4 is 5.69 Å². The van der Waals surface area contributed by atoms with Crippen molar-refractivity contribution in [2.75, 3.05) is 25.1 Å². The summed E-state index contributed by atoms with van der Waals surface area (Å²) in [4.78, 5) is 13.2. The minimum absolute atomic E-state index is 0.0771. The van der Waals surface area contributed by atoms with Crippen LogP contribution in [0.15, 0.2) is 66.4 Å². The minimum atomic E-state index is -0.217. The highest BCUT2D eigenvalue weighted by Crippen LogP contribution is 2.33. The zero-order valence-corrected chi connectivity index (χ0v) is 14.3. The van der Waals surface area contributed by atoms with Crippen LogP contribution in [0.4, 0.5) is 5.69 Å². The zero-order valence-electron chi connectivity index (χ0n) is 14.3. The first kappa shape index (κ1) is 17.0. The summed E-state index contributed by atoms with van der Waals surface area (Å²) in [6.07, 6.45) is 3.96. The molecule has 1 aliphatic heterocycles. The lowest BCUT2D eigenvalue weighted by Gasteiger charge is -2.29. The van der Waals surface area contributed by atoms with Crippen LogP contribution in [0, 0.1) is 10.1 Å². The molecular formula is C20H22N2O3. The molecule has 1 atom stereocenters. The Morgan fingerprint density at radius 1 is 1.16 bits per heavy atom. The van der Waals surface area contributed by atoms with E-state index in [2.05, 4.69) is 11.1 Å². The summed E-state index contributed by atoms with van der Waals surface area (Å²) in [5.41, 5.74) is 3.19. The third-order valence-corrected chi connectivity index (χ3v) is 4.57. The standard InChI is InChI=1S/C20H22N2O3/c1-25-19-11-9-18(10-12-19)21-13-5-8-17(14-21)20(15-22(23)24)16-6-3-2-4-7-16/h2-4,6-7,9-12,14,20H,5,8,13,15H2,1H3. The Hall–Kier alpha value is -2.82. The van der Waals surface area contributed by atoms with E-state index in [4.69, 9.17) is 4.74 Å². The molecule has 5 nitrogen and oxygen atoms in total. The smallest absolute Gasteiger partial charge is 0.214 e. The third-order valence-electron chi connectivity index (χ3n) is 4.57. The number of anilines is 1. The summed E-state index contributed by atoms with van der Waals surface area (Å²) < 4.78 is 5.21. The van der Waals surface area contributed by atoms with E-state index >= 15 is 0 Å². The second-order valence-corrected chi connectivity index (χ2v) is 6.18. The van der Waals surface area contributed by atoms with Gasteiger partial charge in [0.05, 0.1) is 13.0 Å². The molecule has 0 radical (unpaired) electrons. The maximum atomic E-state index is 11.2. The fourth-order valence-electron chi connectivity index (χ4n) is 3.30. The lowest BCUT2D eigenvalue weighted by atomic mass is 9.87. The molecule has 0 N–H and O–H groups in total. The quantitative estimate of drug-likeness (QED) is 0.584. The SMILES string of the molecule is COc1ccc(N2C=C(C(C[N+](=O)[O-])c3ccccc3)CCC2)cc1. The van der Waals surface area contributed by atoms with E-state index < -0.39 is 0 Å². The highest BCUT2D eigenvalue weighted by molar-refractivity contribution is 5.53. The number of nitro groups is 1. The maximum Gasteiger partial charge on any atom is 0.214 e. The molecule has 2 aromatic carbocycles. The van der Waals surface area contributed by atoms with Crippen LogP contribution in [-0.2, 0) is 0 Å². The van der Waals surface area contributed by atoms with Crippen molar-refractivity contribution < 1.29 is 9.66 Å². The molecule has 0 saturated carbocycles. The van der Waals surface area contributed by atoms with E-state index in [-0.39, 0.29) is 17.4 Å². The summed E-state index contributed by atoms with van der Waals surface area (Å²) in [5, 5.41) is 11.2. The first-order valence-electron chi connectivity index (χ1n) is 8.45. The number of benzene rings is 2. The van der Waals surface area contributed by atoms with Crippen molar-refractivity contribution in [1.82, 2.24) is 0 Å². The molecule has 1 unspecified atom stereocenters. The maximum absolute atomic E-state index is 11.2. The molecule has 5 heteroatoms. The van der Waals surface area contributed by atoms with Gasteiger partial charge in [0, 0.05) is 23.4 Å². The van der Waals surface area contributed by atoms with Crippen LogP contribution in [0.2, 0.25) is 0 Å². The highest BCUT2D eigenvalue weighted by Gasteiger charge is 2.25. The van der Waals surface area contributed by atoms with Crippen molar-refractivity contribution in [1.29, 1.82) is 0 Å². The first-order valence-corrected chi connectivity index (χ1v) is 8.45. The van der Waals surface area contributed by atoms with Crippen molar-refractivity contribution in [2.24, 2.45) is 0 Å². The van der Waals surface area contributed by atoms with E-state index in [1.54, 1.807) is 7.11 Å². The van der Waals surface area contributed by atoms with Gasteiger partial charge in [-0.1, -0.05) is 30.3 Å². The predicted molar refractivity (Wildman–Crippen MR) is 98.7 cm³/mol. The predicted octanol–water partition coefficient (Wildman–Crippen LogP) is 4.24. The molecule has 0 amide bonds. The van der Waals surface area contributed by atoms with Gasteiger partial charge in [0.15, 0.2) is 0 Å². The molecule has 0 fully saturated rings. The fraction of sp³-hybridized carbons (Fsp3) is 0.300. The Bertz CT molecular complexity index is 741. The second-order valence-electron chi connectivity index (χ2n) is 6.18. The number of hydrogen-bond donors (Lipinski definition) is 0. The van der Waals surface area contributed by atoms with Crippen LogP contribution in [0.3, 0.4) is 0 Å². The van der Waals surface area contributed by atoms with Gasteiger partial charge in [-0.2, -0.15) is 0 Å². The summed E-state index contributed by atoms with van der Waals surface area (Å²) in [5.74, 6) is 0.637. The molecule has 0 aliphatic carbocycles. The van der Waals surface area contributed by atoms with Crippen LogP contribution in [0.25, 0.3) is 0 Å². The van der Waals surface area contributed by atoms with Gasteiger partial charge in [0.1, 0.15) is 5.75 Å². The van der Waals surface area contributed by atoms with E-state index in [9.17, 15) is 10.1 Å². The Morgan fingerprint density at radius 3 is 2.52 bits per heavy atom. The number of rotatable bonds is 6. The van der Waals surface area contributed by atoms with Gasteiger partial charge in [0.2, 0.25) is 6.54 Å². The molecular weight excluding hydrogens is 316 g/mol. The van der Waals surface area contributed by atoms with Crippen LogP contribution >= 0.6 is 0 Å². The normalized spacial score (nSPS) is 15.4. The van der Waals surface area contributed by atoms with Crippen LogP contribution in [0.1, 0.15) is 24.3 Å². The molecule has 0 aromatic heterocycles. The van der Waals surface area contributed by atoms with Crippen molar-refractivity contribution in [3.63, 3.8) is 0 Å². The van der Waals surface area contributed by atoms with Gasteiger partial charge < -0.3 is 9.64 Å². The molecule has 130 valence electrons. The van der Waals surface area contributed by atoms with Crippen molar-refractivity contribution in [2.45, 2.75) is 18.8 Å². The van der Waals surface area contributed by atoms with Crippen molar-refractivity contribution in [3.8, 4) is 5.75 Å². The summed E-state index contributed by atoms with van der Waals surface area (Å²) >= 11 is 0. The van der Waals surface area contributed by atoms with Gasteiger partial charge in [-0.25, -0.2) is 0 Å². The van der Waals surface area contributed by atoms with Gasteiger partial charge >= 0.3 is 0 Å². The number of hydrogen-bond acceptors (Lipinski definition) is 4. The molecule has 25 heavy (non-hydrogen) atoms. The molecule has 2 aromatic rings. The van der Waals surface area contributed by atoms with Crippen molar-refractivity contribution in [3.05, 3.63) is 82.0 Å². The lowest BCUT2D eigenvalue weighted by Crippen LogP contribution is -2.26. The number of ether oxygens (including phenoxy) is 1. The average Bonchev–Trinajstić information content (AvgIpc) is 2.67. The molecule has 1 aliphatic rings. The van der Waals surface area contributed by atoms with Gasteiger partial charge in [-0.3, -0.25) is 10.1 Å². The summed E-state index contributed by atoms with van der Waals surface area (Å²) in [6.45, 7) is 0.835. The molecule has 0 spiro atoms. The summed E-state index contributed by atoms with van der Waals surface area (Å²) in [6, 6.07) is 17.7. The number of nitrogens with zero attached hydrogens (tertiary/aromatic N) is 2. The molecule has 0 saturated heterocycles. The largest absolute Gasteiger partial charge is 0.497 e. The van der Waals surface area contributed by atoms with E-state index in [1.807, 2.05) is 54.6 Å². The van der Waals surface area contributed by atoms with Gasteiger partial charge in [0.25, 0.3) is 0 Å². The second kappa shape index (κ2) is 7.83. The lowest BCUT2D eigenvalue weighted by molar-refractivity contribution is -0.482. The highest BCUT2D eigenvalue weighted by atomic mass is 16.6. The Kier molecular flexibility index (Phi) is 5.33. The number of methoxy groups -OCH3 is 1.